The van der Waals surface area contributed by atoms with Gasteiger partial charge in [-0.25, -0.2) is 4.90 Å². The second-order valence-electron chi connectivity index (χ2n) is 6.26. The number of halogens is 1. The monoisotopic (exact) mass is 388 g/mol. The van der Waals surface area contributed by atoms with Crippen molar-refractivity contribution in [2.75, 3.05) is 11.4 Å². The van der Waals surface area contributed by atoms with E-state index in [-0.39, 0.29) is 24.2 Å². The number of anilines is 1. The SMILES string of the molecule is CCN[C@@H](Cc1ccc(N2C(=O)c3cccc(C)c3C2=O)cc1)C(=O)O.Cl. The number of carboxylic acid groups (broad SMARTS) is 1. The number of benzene rings is 2. The van der Waals surface area contributed by atoms with Gasteiger partial charge in [0.1, 0.15) is 6.04 Å². The third-order valence-corrected chi connectivity index (χ3v) is 4.51. The number of aliphatic carboxylic acids is 1. The van der Waals surface area contributed by atoms with E-state index in [1.165, 1.54) is 4.90 Å². The Morgan fingerprint density at radius 1 is 1.11 bits per heavy atom. The van der Waals surface area contributed by atoms with Crippen molar-refractivity contribution in [1.82, 2.24) is 5.32 Å². The average molecular weight is 389 g/mol. The van der Waals surface area contributed by atoms with Crippen LogP contribution in [-0.2, 0) is 11.2 Å². The molecule has 3 rings (SSSR count). The lowest BCUT2D eigenvalue weighted by molar-refractivity contribution is -0.139. The first-order valence-corrected chi connectivity index (χ1v) is 8.47. The molecule has 6 nitrogen and oxygen atoms in total. The Bertz CT molecular complexity index is 880. The fourth-order valence-corrected chi connectivity index (χ4v) is 3.20. The van der Waals surface area contributed by atoms with Crippen LogP contribution in [0.4, 0.5) is 5.69 Å². The van der Waals surface area contributed by atoms with E-state index in [0.717, 1.165) is 11.1 Å². The number of aryl methyl sites for hydroxylation is 1. The first kappa shape index (κ1) is 20.6. The first-order valence-electron chi connectivity index (χ1n) is 8.47. The van der Waals surface area contributed by atoms with Crippen molar-refractivity contribution in [2.45, 2.75) is 26.3 Å². The number of imide groups is 1. The first-order chi connectivity index (χ1) is 12.4. The number of fused-ring (bicyclic) bond motifs is 1. The molecule has 2 N–H and O–H groups in total. The molecule has 7 heteroatoms. The number of rotatable bonds is 6. The summed E-state index contributed by atoms with van der Waals surface area (Å²) in [5.41, 5.74) is 2.93. The number of likely N-dealkylation sites (N-methyl/N-ethyl adjacent to an activating group) is 1. The summed E-state index contributed by atoms with van der Waals surface area (Å²) in [7, 11) is 0. The number of hydrogen-bond acceptors (Lipinski definition) is 4. The standard InChI is InChI=1S/C20H20N2O4.ClH/c1-3-21-16(20(25)26)11-13-7-9-14(10-8-13)22-18(23)15-6-4-5-12(2)17(15)19(22)24;/h4-10,16,21H,3,11H2,1-2H3,(H,25,26);1H/t16-;/m0./s1. The van der Waals surface area contributed by atoms with Gasteiger partial charge in [-0.3, -0.25) is 14.4 Å². The molecule has 0 spiro atoms. The molecule has 0 bridgehead atoms. The van der Waals surface area contributed by atoms with Gasteiger partial charge >= 0.3 is 5.97 Å². The summed E-state index contributed by atoms with van der Waals surface area (Å²) in [6.45, 7) is 4.22. The Hall–Kier alpha value is -2.70. The number of carbonyl (C=O) groups excluding carboxylic acids is 2. The molecule has 2 aromatic carbocycles. The molecule has 2 amide bonds. The van der Waals surface area contributed by atoms with Crippen LogP contribution in [0.2, 0.25) is 0 Å². The molecule has 1 aliphatic rings. The van der Waals surface area contributed by atoms with Gasteiger partial charge in [-0.1, -0.05) is 31.2 Å². The largest absolute Gasteiger partial charge is 0.480 e. The van der Waals surface area contributed by atoms with Crippen molar-refractivity contribution in [3.8, 4) is 0 Å². The summed E-state index contributed by atoms with van der Waals surface area (Å²) in [6, 6.07) is 11.4. The number of amides is 2. The minimum Gasteiger partial charge on any atom is -0.480 e. The van der Waals surface area contributed by atoms with Gasteiger partial charge < -0.3 is 10.4 Å². The van der Waals surface area contributed by atoms with Crippen LogP contribution in [0.15, 0.2) is 42.5 Å². The van der Waals surface area contributed by atoms with Crippen molar-refractivity contribution in [3.63, 3.8) is 0 Å². The topological polar surface area (TPSA) is 86.7 Å². The van der Waals surface area contributed by atoms with Crippen LogP contribution in [0.5, 0.6) is 0 Å². The smallest absolute Gasteiger partial charge is 0.321 e. The second-order valence-corrected chi connectivity index (χ2v) is 6.26. The highest BCUT2D eigenvalue weighted by Gasteiger charge is 2.37. The van der Waals surface area contributed by atoms with E-state index in [2.05, 4.69) is 5.32 Å². The zero-order valence-electron chi connectivity index (χ0n) is 15.1. The van der Waals surface area contributed by atoms with Crippen LogP contribution < -0.4 is 10.2 Å². The predicted octanol–water partition coefficient (Wildman–Crippen LogP) is 2.82. The van der Waals surface area contributed by atoms with Crippen LogP contribution in [0, 0.1) is 6.92 Å². The van der Waals surface area contributed by atoms with E-state index >= 15 is 0 Å². The predicted molar refractivity (Wildman–Crippen MR) is 105 cm³/mol. The molecule has 0 saturated heterocycles. The quantitative estimate of drug-likeness (QED) is 0.743. The van der Waals surface area contributed by atoms with Gasteiger partial charge in [0.05, 0.1) is 16.8 Å². The fraction of sp³-hybridized carbons (Fsp3) is 0.250. The van der Waals surface area contributed by atoms with E-state index in [1.807, 2.05) is 19.9 Å². The number of hydrogen-bond donors (Lipinski definition) is 2. The molecule has 2 aromatic rings. The van der Waals surface area contributed by atoms with E-state index in [4.69, 9.17) is 0 Å². The minimum atomic E-state index is -0.910. The van der Waals surface area contributed by atoms with Gasteiger partial charge in [0.25, 0.3) is 11.8 Å². The highest BCUT2D eigenvalue weighted by Crippen LogP contribution is 2.30. The summed E-state index contributed by atoms with van der Waals surface area (Å²) >= 11 is 0. The van der Waals surface area contributed by atoms with Gasteiger partial charge in [-0.15, -0.1) is 12.4 Å². The molecular formula is C20H21ClN2O4. The maximum Gasteiger partial charge on any atom is 0.321 e. The molecule has 0 saturated carbocycles. The van der Waals surface area contributed by atoms with Gasteiger partial charge in [-0.2, -0.15) is 0 Å². The van der Waals surface area contributed by atoms with Gasteiger partial charge in [0.2, 0.25) is 0 Å². The number of nitrogens with one attached hydrogen (secondary N) is 1. The average Bonchev–Trinajstić information content (AvgIpc) is 2.87. The summed E-state index contributed by atoms with van der Waals surface area (Å²) < 4.78 is 0. The summed E-state index contributed by atoms with van der Waals surface area (Å²) in [5, 5.41) is 12.1. The Morgan fingerprint density at radius 3 is 2.33 bits per heavy atom. The molecule has 1 atom stereocenters. The van der Waals surface area contributed by atoms with Gasteiger partial charge in [0, 0.05) is 0 Å². The van der Waals surface area contributed by atoms with Crippen molar-refractivity contribution in [2.24, 2.45) is 0 Å². The van der Waals surface area contributed by atoms with E-state index in [1.54, 1.807) is 36.4 Å². The van der Waals surface area contributed by atoms with Crippen molar-refractivity contribution in [3.05, 3.63) is 64.7 Å². The van der Waals surface area contributed by atoms with Crippen LogP contribution >= 0.6 is 12.4 Å². The van der Waals surface area contributed by atoms with Crippen LogP contribution in [0.1, 0.15) is 38.8 Å². The maximum atomic E-state index is 12.7. The molecule has 27 heavy (non-hydrogen) atoms. The third-order valence-electron chi connectivity index (χ3n) is 4.51. The van der Waals surface area contributed by atoms with Crippen molar-refractivity contribution in [1.29, 1.82) is 0 Å². The Kier molecular flexibility index (Phi) is 6.36. The molecule has 0 unspecified atom stereocenters. The van der Waals surface area contributed by atoms with E-state index < -0.39 is 12.0 Å². The molecule has 0 radical (unpaired) electrons. The lowest BCUT2D eigenvalue weighted by Crippen LogP contribution is -2.38. The zero-order valence-corrected chi connectivity index (χ0v) is 15.9. The molecule has 0 fully saturated rings. The summed E-state index contributed by atoms with van der Waals surface area (Å²) in [4.78, 5) is 37.7. The fourth-order valence-electron chi connectivity index (χ4n) is 3.20. The number of carbonyl (C=O) groups is 3. The molecular weight excluding hydrogens is 368 g/mol. The van der Waals surface area contributed by atoms with Crippen LogP contribution in [-0.4, -0.2) is 35.5 Å². The molecule has 1 heterocycles. The number of carboxylic acids is 1. The lowest BCUT2D eigenvalue weighted by Gasteiger charge is -2.16. The highest BCUT2D eigenvalue weighted by molar-refractivity contribution is 6.34. The summed E-state index contributed by atoms with van der Waals surface area (Å²) in [6.07, 6.45) is 0.324. The van der Waals surface area contributed by atoms with Crippen LogP contribution in [0.3, 0.4) is 0 Å². The lowest BCUT2D eigenvalue weighted by atomic mass is 10.0. The Morgan fingerprint density at radius 2 is 1.78 bits per heavy atom. The second kappa shape index (κ2) is 8.33. The normalized spacial score (nSPS) is 13.9. The molecule has 1 aliphatic heterocycles. The van der Waals surface area contributed by atoms with E-state index in [9.17, 15) is 19.5 Å². The van der Waals surface area contributed by atoms with Gasteiger partial charge in [0.15, 0.2) is 0 Å². The Balaban J connectivity index is 0.00000261. The maximum absolute atomic E-state index is 12.7. The van der Waals surface area contributed by atoms with Crippen molar-refractivity contribution >= 4 is 35.9 Å². The highest BCUT2D eigenvalue weighted by atomic mass is 35.5. The Labute approximate surface area is 163 Å². The minimum absolute atomic E-state index is 0. The third kappa shape index (κ3) is 3.86. The number of nitrogens with zero attached hydrogens (tertiary/aromatic N) is 1. The summed E-state index contributed by atoms with van der Waals surface area (Å²) in [5.74, 6) is -1.57. The molecule has 142 valence electrons. The van der Waals surface area contributed by atoms with Crippen LogP contribution in [0.25, 0.3) is 0 Å². The molecule has 0 aliphatic carbocycles. The van der Waals surface area contributed by atoms with Gasteiger partial charge in [-0.05, 0) is 49.2 Å². The van der Waals surface area contributed by atoms with Crippen molar-refractivity contribution < 1.29 is 19.5 Å². The molecule has 0 aromatic heterocycles. The zero-order chi connectivity index (χ0) is 18.8. The van der Waals surface area contributed by atoms with E-state index in [0.29, 0.717) is 29.8 Å².